The highest BCUT2D eigenvalue weighted by Gasteiger charge is 2.31. The van der Waals surface area contributed by atoms with Crippen LogP contribution in [0.25, 0.3) is 0 Å². The van der Waals surface area contributed by atoms with E-state index in [9.17, 15) is 13.2 Å². The molecule has 1 aliphatic heterocycles. The number of ether oxygens (including phenoxy) is 2. The van der Waals surface area contributed by atoms with Crippen molar-refractivity contribution < 1.29 is 27.8 Å². The van der Waals surface area contributed by atoms with Crippen LogP contribution < -0.4 is 9.47 Å². The van der Waals surface area contributed by atoms with E-state index in [1.165, 1.54) is 16.4 Å². The van der Waals surface area contributed by atoms with E-state index in [1.807, 2.05) is 0 Å². The zero-order valence-corrected chi connectivity index (χ0v) is 15.7. The molecule has 0 aromatic heterocycles. The second-order valence-corrected chi connectivity index (χ2v) is 8.20. The van der Waals surface area contributed by atoms with Crippen molar-refractivity contribution in [3.63, 3.8) is 0 Å². The summed E-state index contributed by atoms with van der Waals surface area (Å²) in [5.41, 5.74) is 0. The molecule has 1 heterocycles. The van der Waals surface area contributed by atoms with Crippen molar-refractivity contribution in [3.8, 4) is 17.2 Å². The van der Waals surface area contributed by atoms with Crippen molar-refractivity contribution in [2.75, 3.05) is 20.2 Å². The van der Waals surface area contributed by atoms with Gasteiger partial charge in [0.05, 0.1) is 17.9 Å². The largest absolute Gasteiger partial charge is 0.497 e. The van der Waals surface area contributed by atoms with Crippen LogP contribution in [0.3, 0.4) is 0 Å². The first-order chi connectivity index (χ1) is 12.9. The maximum atomic E-state index is 12.7. The normalized spacial score (nSPS) is 16.0. The molecule has 3 rings (SSSR count). The van der Waals surface area contributed by atoms with Crippen LogP contribution in [0.15, 0.2) is 53.4 Å². The first kappa shape index (κ1) is 19.2. The van der Waals surface area contributed by atoms with Gasteiger partial charge in [0.15, 0.2) is 0 Å². The Morgan fingerprint density at radius 1 is 0.963 bits per heavy atom. The molecule has 1 saturated heterocycles. The van der Waals surface area contributed by atoms with Gasteiger partial charge in [-0.25, -0.2) is 8.42 Å². The van der Waals surface area contributed by atoms with Crippen LogP contribution in [-0.4, -0.2) is 44.0 Å². The molecule has 8 heteroatoms. The Bertz CT molecular complexity index is 885. The minimum Gasteiger partial charge on any atom is -0.497 e. The van der Waals surface area contributed by atoms with Gasteiger partial charge in [-0.3, -0.25) is 4.79 Å². The Morgan fingerprint density at radius 2 is 1.44 bits per heavy atom. The fourth-order valence-corrected chi connectivity index (χ4v) is 4.42. The Labute approximate surface area is 158 Å². The van der Waals surface area contributed by atoms with Gasteiger partial charge in [0.1, 0.15) is 17.2 Å². The number of aliphatic carboxylic acids is 1. The van der Waals surface area contributed by atoms with Gasteiger partial charge in [0.25, 0.3) is 0 Å². The van der Waals surface area contributed by atoms with Crippen molar-refractivity contribution in [2.45, 2.75) is 17.7 Å². The van der Waals surface area contributed by atoms with Gasteiger partial charge >= 0.3 is 5.97 Å². The molecule has 0 spiro atoms. The molecule has 0 aliphatic carbocycles. The first-order valence-electron chi connectivity index (χ1n) is 8.55. The molecule has 1 fully saturated rings. The Kier molecular flexibility index (Phi) is 5.67. The molecule has 0 saturated carbocycles. The molecule has 1 aliphatic rings. The van der Waals surface area contributed by atoms with Crippen molar-refractivity contribution in [2.24, 2.45) is 5.92 Å². The second-order valence-electron chi connectivity index (χ2n) is 6.27. The van der Waals surface area contributed by atoms with Crippen LogP contribution in [0.1, 0.15) is 12.8 Å². The van der Waals surface area contributed by atoms with Crippen LogP contribution in [0.5, 0.6) is 17.2 Å². The summed E-state index contributed by atoms with van der Waals surface area (Å²) in [4.78, 5) is 11.2. The monoisotopic (exact) mass is 391 g/mol. The fraction of sp³-hybridized carbons (Fsp3) is 0.316. The Hall–Kier alpha value is -2.58. The number of carbonyl (C=O) groups is 1. The molecule has 2 aromatic rings. The summed E-state index contributed by atoms with van der Waals surface area (Å²) in [5, 5.41) is 9.04. The SMILES string of the molecule is COc1ccc(Oc2ccc(S(=O)(=O)N3CCC(C(=O)O)CC3)cc2)cc1. The smallest absolute Gasteiger partial charge is 0.306 e. The van der Waals surface area contributed by atoms with E-state index in [4.69, 9.17) is 14.6 Å². The molecule has 0 amide bonds. The molecule has 1 N–H and O–H groups in total. The molecule has 27 heavy (non-hydrogen) atoms. The number of hydrogen-bond donors (Lipinski definition) is 1. The van der Waals surface area contributed by atoms with E-state index in [1.54, 1.807) is 43.5 Å². The summed E-state index contributed by atoms with van der Waals surface area (Å²) in [6, 6.07) is 13.3. The van der Waals surface area contributed by atoms with Gasteiger partial charge in [0.2, 0.25) is 10.0 Å². The summed E-state index contributed by atoms with van der Waals surface area (Å²) in [5.74, 6) is 0.505. The highest BCUT2D eigenvalue weighted by atomic mass is 32.2. The van der Waals surface area contributed by atoms with E-state index < -0.39 is 21.9 Å². The molecule has 0 radical (unpaired) electrons. The third-order valence-corrected chi connectivity index (χ3v) is 6.47. The van der Waals surface area contributed by atoms with Crippen LogP contribution in [0, 0.1) is 5.92 Å². The Morgan fingerprint density at radius 3 is 1.93 bits per heavy atom. The molecule has 0 bridgehead atoms. The summed E-state index contributed by atoms with van der Waals surface area (Å²) in [6.07, 6.45) is 0.653. The molecule has 0 atom stereocenters. The first-order valence-corrected chi connectivity index (χ1v) is 9.99. The third kappa shape index (κ3) is 4.40. The minimum atomic E-state index is -3.64. The standard InChI is InChI=1S/C19H21NO6S/c1-25-15-2-4-16(5-3-15)26-17-6-8-18(9-7-17)27(23,24)20-12-10-14(11-13-20)19(21)22/h2-9,14H,10-13H2,1H3,(H,21,22). The second kappa shape index (κ2) is 7.98. The number of benzene rings is 2. The predicted molar refractivity (Wildman–Crippen MR) is 98.6 cm³/mol. The lowest BCUT2D eigenvalue weighted by Gasteiger charge is -2.29. The zero-order valence-electron chi connectivity index (χ0n) is 14.9. The summed E-state index contributed by atoms with van der Waals surface area (Å²) < 4.78 is 37.6. The van der Waals surface area contributed by atoms with Gasteiger partial charge in [0, 0.05) is 13.1 Å². The lowest BCUT2D eigenvalue weighted by atomic mass is 9.99. The molecule has 144 valence electrons. The summed E-state index contributed by atoms with van der Waals surface area (Å²) >= 11 is 0. The minimum absolute atomic E-state index is 0.165. The van der Waals surface area contributed by atoms with Gasteiger partial charge in [-0.2, -0.15) is 4.31 Å². The van der Waals surface area contributed by atoms with Crippen LogP contribution >= 0.6 is 0 Å². The van der Waals surface area contributed by atoms with Gasteiger partial charge in [-0.1, -0.05) is 0 Å². The highest BCUT2D eigenvalue weighted by Crippen LogP contribution is 2.27. The van der Waals surface area contributed by atoms with Gasteiger partial charge in [-0.05, 0) is 61.4 Å². The van der Waals surface area contributed by atoms with Crippen LogP contribution in [0.4, 0.5) is 0 Å². The van der Waals surface area contributed by atoms with Crippen LogP contribution in [0.2, 0.25) is 0 Å². The van der Waals surface area contributed by atoms with E-state index >= 15 is 0 Å². The number of rotatable bonds is 6. The van der Waals surface area contributed by atoms with Gasteiger partial charge in [-0.15, -0.1) is 0 Å². The molecule has 0 unspecified atom stereocenters. The fourth-order valence-electron chi connectivity index (χ4n) is 2.95. The number of carboxylic acids is 1. The highest BCUT2D eigenvalue weighted by molar-refractivity contribution is 7.89. The van der Waals surface area contributed by atoms with E-state index in [-0.39, 0.29) is 18.0 Å². The van der Waals surface area contributed by atoms with Crippen molar-refractivity contribution in [3.05, 3.63) is 48.5 Å². The maximum Gasteiger partial charge on any atom is 0.306 e. The number of sulfonamides is 1. The van der Waals surface area contributed by atoms with E-state index in [0.717, 1.165) is 5.75 Å². The Balaban J connectivity index is 1.67. The third-order valence-electron chi connectivity index (χ3n) is 4.56. The summed E-state index contributed by atoms with van der Waals surface area (Å²) in [6.45, 7) is 0.423. The molecular weight excluding hydrogens is 370 g/mol. The predicted octanol–water partition coefficient (Wildman–Crippen LogP) is 2.97. The number of hydrogen-bond acceptors (Lipinski definition) is 5. The van der Waals surface area contributed by atoms with Crippen LogP contribution in [-0.2, 0) is 14.8 Å². The van der Waals surface area contributed by atoms with Crippen molar-refractivity contribution >= 4 is 16.0 Å². The number of carboxylic acid groups (broad SMARTS) is 1. The van der Waals surface area contributed by atoms with E-state index in [0.29, 0.717) is 24.3 Å². The van der Waals surface area contributed by atoms with Crippen molar-refractivity contribution in [1.82, 2.24) is 4.31 Å². The molecule has 7 nitrogen and oxygen atoms in total. The molecule has 2 aromatic carbocycles. The lowest BCUT2D eigenvalue weighted by Crippen LogP contribution is -2.40. The lowest BCUT2D eigenvalue weighted by molar-refractivity contribution is -0.142. The summed E-state index contributed by atoms with van der Waals surface area (Å²) in [7, 11) is -2.06. The van der Waals surface area contributed by atoms with Crippen molar-refractivity contribution in [1.29, 1.82) is 0 Å². The molecular formula is C19H21NO6S. The number of methoxy groups -OCH3 is 1. The zero-order chi connectivity index (χ0) is 19.4. The topological polar surface area (TPSA) is 93.1 Å². The number of nitrogens with zero attached hydrogens (tertiary/aromatic N) is 1. The number of piperidine rings is 1. The van der Waals surface area contributed by atoms with Gasteiger partial charge < -0.3 is 14.6 Å². The quantitative estimate of drug-likeness (QED) is 0.814. The average molecular weight is 391 g/mol. The van der Waals surface area contributed by atoms with E-state index in [2.05, 4.69) is 0 Å². The maximum absolute atomic E-state index is 12.7. The average Bonchev–Trinajstić information content (AvgIpc) is 2.69.